The van der Waals surface area contributed by atoms with Crippen LogP contribution in [0.4, 0.5) is 0 Å². The van der Waals surface area contributed by atoms with Crippen molar-refractivity contribution in [3.63, 3.8) is 0 Å². The monoisotopic (exact) mass is 244 g/mol. The second-order valence-corrected chi connectivity index (χ2v) is 3.64. The van der Waals surface area contributed by atoms with E-state index in [0.717, 1.165) is 15.9 Å². The lowest BCUT2D eigenvalue weighted by molar-refractivity contribution is 1.46. The van der Waals surface area contributed by atoms with E-state index in [2.05, 4.69) is 28.9 Å². The Morgan fingerprint density at radius 3 is 2.92 bits per heavy atom. The highest BCUT2D eigenvalue weighted by atomic mass is 79.9. The van der Waals surface area contributed by atoms with E-state index in [1.807, 2.05) is 24.3 Å². The number of halogens is 2. The Hall–Kier alpha value is -0.270. The van der Waals surface area contributed by atoms with Crippen LogP contribution in [0.2, 0.25) is 5.02 Å². The third-order valence-corrected chi connectivity index (χ3v) is 2.26. The molecule has 0 unspecified atom stereocenters. The predicted molar refractivity (Wildman–Crippen MR) is 59.0 cm³/mol. The van der Waals surface area contributed by atoms with Gasteiger partial charge in [0.25, 0.3) is 0 Å². The van der Waals surface area contributed by atoms with E-state index in [1.165, 1.54) is 5.56 Å². The van der Waals surface area contributed by atoms with Gasteiger partial charge in [-0.1, -0.05) is 57.4 Å². The van der Waals surface area contributed by atoms with Gasteiger partial charge >= 0.3 is 0 Å². The summed E-state index contributed by atoms with van der Waals surface area (Å²) in [4.78, 5) is 0. The Bertz CT molecular complexity index is 292. The first-order chi connectivity index (χ1) is 5.74. The van der Waals surface area contributed by atoms with Crippen LogP contribution in [-0.2, 0) is 0 Å². The minimum absolute atomic E-state index is 0.804. The molecule has 2 heteroatoms. The van der Waals surface area contributed by atoms with Crippen molar-refractivity contribution in [2.45, 2.75) is 6.92 Å². The molecule has 0 atom stereocenters. The topological polar surface area (TPSA) is 0 Å². The fourth-order valence-electron chi connectivity index (χ4n) is 0.962. The average Bonchev–Trinajstić information content (AvgIpc) is 2.07. The molecule has 0 aromatic heterocycles. The van der Waals surface area contributed by atoms with Crippen LogP contribution in [0.25, 0.3) is 6.08 Å². The molecule has 0 N–H and O–H groups in total. The zero-order valence-corrected chi connectivity index (χ0v) is 9.19. The number of alkyl halides is 1. The molecular formula is C10H10BrCl. The van der Waals surface area contributed by atoms with Gasteiger partial charge in [0, 0.05) is 10.4 Å². The summed E-state index contributed by atoms with van der Waals surface area (Å²) in [5.41, 5.74) is 2.31. The van der Waals surface area contributed by atoms with Crippen LogP contribution in [0, 0.1) is 6.92 Å². The summed E-state index contributed by atoms with van der Waals surface area (Å²) in [6, 6.07) is 6.00. The van der Waals surface area contributed by atoms with Crippen LogP contribution in [0.5, 0.6) is 0 Å². The zero-order chi connectivity index (χ0) is 8.97. The van der Waals surface area contributed by atoms with Crippen molar-refractivity contribution in [2.75, 3.05) is 5.33 Å². The van der Waals surface area contributed by atoms with E-state index >= 15 is 0 Å². The molecule has 0 spiro atoms. The number of aryl methyl sites for hydroxylation is 1. The first-order valence-corrected chi connectivity index (χ1v) is 5.22. The number of benzene rings is 1. The van der Waals surface area contributed by atoms with Gasteiger partial charge in [-0.3, -0.25) is 0 Å². The van der Waals surface area contributed by atoms with E-state index in [0.29, 0.717) is 0 Å². The number of rotatable bonds is 2. The summed E-state index contributed by atoms with van der Waals surface area (Å²) in [5.74, 6) is 0. The molecule has 64 valence electrons. The van der Waals surface area contributed by atoms with E-state index in [4.69, 9.17) is 11.6 Å². The largest absolute Gasteiger partial charge is 0.0883 e. The molecular weight excluding hydrogens is 235 g/mol. The van der Waals surface area contributed by atoms with Gasteiger partial charge in [-0.2, -0.15) is 0 Å². The van der Waals surface area contributed by atoms with Gasteiger partial charge in [-0.05, 0) is 18.6 Å². The van der Waals surface area contributed by atoms with Gasteiger partial charge in [0.15, 0.2) is 0 Å². The molecule has 1 aromatic rings. The van der Waals surface area contributed by atoms with Gasteiger partial charge in [0.2, 0.25) is 0 Å². The molecule has 0 radical (unpaired) electrons. The third-order valence-electron chi connectivity index (χ3n) is 1.54. The lowest BCUT2D eigenvalue weighted by Crippen LogP contribution is -1.77. The maximum absolute atomic E-state index is 5.97. The molecule has 0 heterocycles. The first-order valence-electron chi connectivity index (χ1n) is 3.72. The third kappa shape index (κ3) is 2.65. The van der Waals surface area contributed by atoms with Gasteiger partial charge < -0.3 is 0 Å². The van der Waals surface area contributed by atoms with Gasteiger partial charge in [-0.25, -0.2) is 0 Å². The van der Waals surface area contributed by atoms with Crippen molar-refractivity contribution in [3.05, 3.63) is 40.4 Å². The SMILES string of the molecule is Cc1ccc(Cl)c(C=CCBr)c1. The standard InChI is InChI=1S/C10H10BrCl/c1-8-4-5-10(12)9(7-8)3-2-6-11/h2-5,7H,6H2,1H3. The molecule has 0 saturated carbocycles. The minimum atomic E-state index is 0.804. The van der Waals surface area contributed by atoms with E-state index in [1.54, 1.807) is 0 Å². The normalized spacial score (nSPS) is 10.9. The Balaban J connectivity index is 2.97. The second kappa shape index (κ2) is 4.68. The van der Waals surface area contributed by atoms with Gasteiger partial charge in [0.1, 0.15) is 0 Å². The van der Waals surface area contributed by atoms with Crippen LogP contribution in [0.1, 0.15) is 11.1 Å². The van der Waals surface area contributed by atoms with E-state index in [9.17, 15) is 0 Å². The van der Waals surface area contributed by atoms with Crippen LogP contribution in [0.15, 0.2) is 24.3 Å². The van der Waals surface area contributed by atoms with Crippen molar-refractivity contribution in [1.29, 1.82) is 0 Å². The highest BCUT2D eigenvalue weighted by Crippen LogP contribution is 2.18. The average molecular weight is 246 g/mol. The maximum atomic E-state index is 5.97. The zero-order valence-electron chi connectivity index (χ0n) is 6.85. The number of hydrogen-bond acceptors (Lipinski definition) is 0. The smallest absolute Gasteiger partial charge is 0.0478 e. The fourth-order valence-corrected chi connectivity index (χ4v) is 1.33. The Morgan fingerprint density at radius 1 is 1.50 bits per heavy atom. The Kier molecular flexibility index (Phi) is 3.83. The second-order valence-electron chi connectivity index (χ2n) is 2.58. The van der Waals surface area contributed by atoms with Crippen LogP contribution < -0.4 is 0 Å². The summed E-state index contributed by atoms with van der Waals surface area (Å²) in [6.45, 7) is 2.06. The van der Waals surface area contributed by atoms with Crippen molar-refractivity contribution >= 4 is 33.6 Å². The first kappa shape index (κ1) is 9.82. The molecule has 0 aliphatic rings. The molecule has 0 aliphatic carbocycles. The molecule has 0 nitrogen and oxygen atoms in total. The quantitative estimate of drug-likeness (QED) is 0.690. The van der Waals surface area contributed by atoms with Crippen molar-refractivity contribution < 1.29 is 0 Å². The highest BCUT2D eigenvalue weighted by Gasteiger charge is 1.94. The van der Waals surface area contributed by atoms with Crippen molar-refractivity contribution in [2.24, 2.45) is 0 Å². The molecule has 1 aromatic carbocycles. The Morgan fingerprint density at radius 2 is 2.25 bits per heavy atom. The summed E-state index contributed by atoms with van der Waals surface area (Å²) in [5, 5.41) is 1.66. The van der Waals surface area contributed by atoms with Crippen molar-refractivity contribution in [3.8, 4) is 0 Å². The lowest BCUT2D eigenvalue weighted by atomic mass is 10.1. The fraction of sp³-hybridized carbons (Fsp3) is 0.200. The van der Waals surface area contributed by atoms with Crippen LogP contribution in [0.3, 0.4) is 0 Å². The highest BCUT2D eigenvalue weighted by molar-refractivity contribution is 9.09. The Labute approximate surface area is 86.4 Å². The molecule has 0 amide bonds. The molecule has 0 saturated heterocycles. The molecule has 12 heavy (non-hydrogen) atoms. The lowest BCUT2D eigenvalue weighted by Gasteiger charge is -1.98. The van der Waals surface area contributed by atoms with Gasteiger partial charge in [0.05, 0.1) is 0 Å². The van der Waals surface area contributed by atoms with E-state index < -0.39 is 0 Å². The molecule has 1 rings (SSSR count). The van der Waals surface area contributed by atoms with Crippen LogP contribution in [-0.4, -0.2) is 5.33 Å². The molecule has 0 aliphatic heterocycles. The summed E-state index contributed by atoms with van der Waals surface area (Å²) in [7, 11) is 0. The van der Waals surface area contributed by atoms with Crippen molar-refractivity contribution in [1.82, 2.24) is 0 Å². The maximum Gasteiger partial charge on any atom is 0.0478 e. The van der Waals surface area contributed by atoms with Crippen LogP contribution >= 0.6 is 27.5 Å². The summed E-state index contributed by atoms with van der Waals surface area (Å²) < 4.78 is 0. The molecule has 0 bridgehead atoms. The predicted octanol–water partition coefficient (Wildman–Crippen LogP) is 4.06. The molecule has 0 fully saturated rings. The number of hydrogen-bond donors (Lipinski definition) is 0. The minimum Gasteiger partial charge on any atom is -0.0883 e. The summed E-state index contributed by atoms with van der Waals surface area (Å²) >= 11 is 9.29. The van der Waals surface area contributed by atoms with E-state index in [-0.39, 0.29) is 0 Å². The van der Waals surface area contributed by atoms with Gasteiger partial charge in [-0.15, -0.1) is 0 Å². The summed E-state index contributed by atoms with van der Waals surface area (Å²) in [6.07, 6.45) is 4.05. The number of allylic oxidation sites excluding steroid dienone is 1.